The molecule has 0 amide bonds. The molecule has 1 aliphatic carbocycles. The lowest BCUT2D eigenvalue weighted by molar-refractivity contribution is 0.342. The summed E-state index contributed by atoms with van der Waals surface area (Å²) in [5, 5.41) is 8.81. The third kappa shape index (κ3) is 5.89. The molecule has 1 N–H and O–H groups in total. The minimum Gasteiger partial charge on any atom is -0.392 e. The molecule has 1 nitrogen and oxygen atoms in total. The van der Waals surface area contributed by atoms with Crippen molar-refractivity contribution < 1.29 is 5.11 Å². The van der Waals surface area contributed by atoms with Crippen LogP contribution in [0.15, 0.2) is 58.7 Å². The van der Waals surface area contributed by atoms with Gasteiger partial charge in [-0.25, -0.2) is 0 Å². The lowest BCUT2D eigenvalue weighted by Crippen LogP contribution is -2.19. The van der Waals surface area contributed by atoms with Crippen molar-refractivity contribution in [3.05, 3.63) is 58.7 Å². The number of aliphatic hydroxyl groups excluding tert-OH is 1. The molecule has 21 heavy (non-hydrogen) atoms. The summed E-state index contributed by atoms with van der Waals surface area (Å²) in [6.45, 7) is 11.2. The quantitative estimate of drug-likeness (QED) is 0.661. The molecule has 0 spiro atoms. The summed E-state index contributed by atoms with van der Waals surface area (Å²) in [6, 6.07) is 0. The second kappa shape index (κ2) is 8.19. The molecule has 0 aromatic rings. The van der Waals surface area contributed by atoms with Gasteiger partial charge in [0.05, 0.1) is 6.61 Å². The van der Waals surface area contributed by atoms with Crippen molar-refractivity contribution in [3.63, 3.8) is 0 Å². The Morgan fingerprint density at radius 3 is 2.52 bits per heavy atom. The molecule has 0 aliphatic heterocycles. The SMILES string of the molecule is CC(C=CC1=C(C)CCCC1(C)C)=C/C=C\C(C)=CCO. The minimum absolute atomic E-state index is 0.0985. The summed E-state index contributed by atoms with van der Waals surface area (Å²) < 4.78 is 0. The third-order valence-electron chi connectivity index (χ3n) is 4.19. The first-order valence-electron chi connectivity index (χ1n) is 7.87. The zero-order valence-electron chi connectivity index (χ0n) is 14.2. The van der Waals surface area contributed by atoms with Gasteiger partial charge in [0.25, 0.3) is 0 Å². The summed E-state index contributed by atoms with van der Waals surface area (Å²) >= 11 is 0. The standard InChI is InChI=1S/C20H30O/c1-16(8-6-9-17(2)13-15-21)11-12-19-18(3)10-7-14-20(19,4)5/h6,8-9,11-13,21H,7,10,14-15H2,1-5H3/b9-6-,12-11?,16-8?,17-13?. The van der Waals surface area contributed by atoms with Crippen molar-refractivity contribution in [1.82, 2.24) is 0 Å². The largest absolute Gasteiger partial charge is 0.392 e. The lowest BCUT2D eigenvalue weighted by atomic mass is 9.72. The van der Waals surface area contributed by atoms with Crippen LogP contribution in [0, 0.1) is 5.41 Å². The van der Waals surface area contributed by atoms with E-state index in [0.717, 1.165) is 5.57 Å². The molecular formula is C20H30O. The number of hydrogen-bond acceptors (Lipinski definition) is 1. The maximum Gasteiger partial charge on any atom is 0.0617 e. The summed E-state index contributed by atoms with van der Waals surface area (Å²) in [5.74, 6) is 0. The lowest BCUT2D eigenvalue weighted by Gasteiger charge is -2.32. The van der Waals surface area contributed by atoms with Crippen LogP contribution in [0.5, 0.6) is 0 Å². The number of hydrogen-bond donors (Lipinski definition) is 1. The van der Waals surface area contributed by atoms with Gasteiger partial charge < -0.3 is 5.11 Å². The fourth-order valence-corrected chi connectivity index (χ4v) is 2.84. The first kappa shape index (κ1) is 17.7. The molecule has 1 aliphatic rings. The summed E-state index contributed by atoms with van der Waals surface area (Å²) in [4.78, 5) is 0. The third-order valence-corrected chi connectivity index (χ3v) is 4.19. The van der Waals surface area contributed by atoms with E-state index in [0.29, 0.717) is 5.41 Å². The summed E-state index contributed by atoms with van der Waals surface area (Å²) in [5.41, 5.74) is 5.66. The number of rotatable bonds is 5. The second-order valence-electron chi connectivity index (χ2n) is 6.67. The van der Waals surface area contributed by atoms with Crippen LogP contribution in [0.25, 0.3) is 0 Å². The zero-order valence-corrected chi connectivity index (χ0v) is 14.2. The minimum atomic E-state index is 0.0985. The Balaban J connectivity index is 2.78. The molecule has 0 aromatic heterocycles. The van der Waals surface area contributed by atoms with Gasteiger partial charge in [0, 0.05) is 0 Å². The maximum absolute atomic E-state index is 8.81. The number of aliphatic hydroxyl groups is 1. The number of allylic oxidation sites excluding steroid dienone is 9. The maximum atomic E-state index is 8.81. The van der Waals surface area contributed by atoms with Crippen LogP contribution in [-0.4, -0.2) is 11.7 Å². The summed E-state index contributed by atoms with van der Waals surface area (Å²) in [7, 11) is 0. The summed E-state index contributed by atoms with van der Waals surface area (Å²) in [6.07, 6.45) is 16.3. The van der Waals surface area contributed by atoms with Crippen molar-refractivity contribution >= 4 is 0 Å². The highest BCUT2D eigenvalue weighted by molar-refractivity contribution is 5.37. The molecular weight excluding hydrogens is 256 g/mol. The monoisotopic (exact) mass is 286 g/mol. The molecule has 1 heteroatoms. The van der Waals surface area contributed by atoms with Gasteiger partial charge in [0.1, 0.15) is 0 Å². The van der Waals surface area contributed by atoms with Gasteiger partial charge in [0.2, 0.25) is 0 Å². The zero-order chi connectivity index (χ0) is 15.9. The van der Waals surface area contributed by atoms with E-state index in [9.17, 15) is 0 Å². The van der Waals surface area contributed by atoms with Crippen LogP contribution in [0.1, 0.15) is 53.9 Å². The molecule has 0 radical (unpaired) electrons. The van der Waals surface area contributed by atoms with Gasteiger partial charge >= 0.3 is 0 Å². The Morgan fingerprint density at radius 2 is 1.90 bits per heavy atom. The van der Waals surface area contributed by atoms with Crippen LogP contribution in [0.3, 0.4) is 0 Å². The van der Waals surface area contributed by atoms with Gasteiger partial charge in [-0.05, 0) is 51.0 Å². The average molecular weight is 286 g/mol. The Bertz CT molecular complexity index is 496. The van der Waals surface area contributed by atoms with Crippen LogP contribution in [0.4, 0.5) is 0 Å². The fourth-order valence-electron chi connectivity index (χ4n) is 2.84. The predicted molar refractivity (Wildman–Crippen MR) is 93.2 cm³/mol. The van der Waals surface area contributed by atoms with Gasteiger partial charge in [-0.15, -0.1) is 0 Å². The topological polar surface area (TPSA) is 20.2 Å². The highest BCUT2D eigenvalue weighted by Crippen LogP contribution is 2.40. The Labute approximate surface area is 130 Å². The smallest absolute Gasteiger partial charge is 0.0617 e. The van der Waals surface area contributed by atoms with E-state index in [-0.39, 0.29) is 6.61 Å². The van der Waals surface area contributed by atoms with Gasteiger partial charge in [0.15, 0.2) is 0 Å². The average Bonchev–Trinajstić information content (AvgIpc) is 2.37. The van der Waals surface area contributed by atoms with E-state index < -0.39 is 0 Å². The highest BCUT2D eigenvalue weighted by Gasteiger charge is 2.26. The van der Waals surface area contributed by atoms with E-state index >= 15 is 0 Å². The fraction of sp³-hybridized carbons (Fsp3) is 0.500. The Hall–Kier alpha value is -1.34. The highest BCUT2D eigenvalue weighted by atomic mass is 16.2. The van der Waals surface area contributed by atoms with Gasteiger partial charge in [-0.2, -0.15) is 0 Å². The molecule has 0 unspecified atom stereocenters. The van der Waals surface area contributed by atoms with Crippen LogP contribution in [-0.2, 0) is 0 Å². The van der Waals surface area contributed by atoms with Crippen molar-refractivity contribution in [1.29, 1.82) is 0 Å². The predicted octanol–water partition coefficient (Wildman–Crippen LogP) is 5.51. The van der Waals surface area contributed by atoms with Crippen molar-refractivity contribution in [2.45, 2.75) is 53.9 Å². The molecule has 0 saturated carbocycles. The molecule has 0 aromatic carbocycles. The normalized spacial score (nSPS) is 20.9. The molecule has 0 fully saturated rings. The van der Waals surface area contributed by atoms with Crippen LogP contribution in [0.2, 0.25) is 0 Å². The van der Waals surface area contributed by atoms with Crippen molar-refractivity contribution in [3.8, 4) is 0 Å². The second-order valence-corrected chi connectivity index (χ2v) is 6.67. The molecule has 1 rings (SSSR count). The van der Waals surface area contributed by atoms with E-state index in [1.54, 1.807) is 6.08 Å². The van der Waals surface area contributed by atoms with Crippen LogP contribution < -0.4 is 0 Å². The first-order chi connectivity index (χ1) is 9.86. The van der Waals surface area contributed by atoms with Gasteiger partial charge in [-0.1, -0.05) is 67.0 Å². The first-order valence-corrected chi connectivity index (χ1v) is 7.87. The molecule has 0 heterocycles. The van der Waals surface area contributed by atoms with E-state index in [1.807, 2.05) is 19.1 Å². The Kier molecular flexibility index (Phi) is 6.91. The van der Waals surface area contributed by atoms with Crippen molar-refractivity contribution in [2.24, 2.45) is 5.41 Å². The Morgan fingerprint density at radius 1 is 1.19 bits per heavy atom. The van der Waals surface area contributed by atoms with Crippen molar-refractivity contribution in [2.75, 3.05) is 6.61 Å². The van der Waals surface area contributed by atoms with Gasteiger partial charge in [-0.3, -0.25) is 0 Å². The van der Waals surface area contributed by atoms with E-state index in [2.05, 4.69) is 45.9 Å². The van der Waals surface area contributed by atoms with Crippen LogP contribution >= 0.6 is 0 Å². The molecule has 0 atom stereocenters. The molecule has 0 saturated heterocycles. The molecule has 116 valence electrons. The van der Waals surface area contributed by atoms with E-state index in [4.69, 9.17) is 5.11 Å². The van der Waals surface area contributed by atoms with E-state index in [1.165, 1.54) is 36.0 Å². The molecule has 0 bridgehead atoms.